The first-order chi connectivity index (χ1) is 6.89. The molecule has 0 fully saturated rings. The standard InChI is InChI=1S/C9H9F3O2S/c1-7-2-4-8(5-3-7)6-14-15(13)9(10,11)12/h2-5H,6H2,1H3. The smallest absolute Gasteiger partial charge is 0.279 e. The van der Waals surface area contributed by atoms with Crippen LogP contribution >= 0.6 is 0 Å². The summed E-state index contributed by atoms with van der Waals surface area (Å²) in [7, 11) is 0. The highest BCUT2D eigenvalue weighted by molar-refractivity contribution is 7.81. The van der Waals surface area contributed by atoms with Crippen molar-refractivity contribution in [1.29, 1.82) is 0 Å². The molecule has 1 atom stereocenters. The molecule has 2 nitrogen and oxygen atoms in total. The minimum atomic E-state index is -4.81. The number of rotatable bonds is 3. The van der Waals surface area contributed by atoms with Gasteiger partial charge in [-0.05, 0) is 12.5 Å². The van der Waals surface area contributed by atoms with E-state index in [2.05, 4.69) is 4.18 Å². The van der Waals surface area contributed by atoms with Crippen LogP contribution in [0.4, 0.5) is 13.2 Å². The number of halogens is 3. The van der Waals surface area contributed by atoms with E-state index in [1.54, 1.807) is 24.3 Å². The Hall–Kier alpha value is -0.880. The third-order valence-corrected chi connectivity index (χ3v) is 2.35. The average molecular weight is 238 g/mol. The van der Waals surface area contributed by atoms with Crippen molar-refractivity contribution < 1.29 is 21.6 Å². The predicted octanol–water partition coefficient (Wildman–Crippen LogP) is 2.70. The fourth-order valence-electron chi connectivity index (χ4n) is 0.873. The van der Waals surface area contributed by atoms with Crippen molar-refractivity contribution >= 4 is 11.1 Å². The monoisotopic (exact) mass is 238 g/mol. The quantitative estimate of drug-likeness (QED) is 0.809. The molecule has 0 bridgehead atoms. The summed E-state index contributed by atoms with van der Waals surface area (Å²) in [5, 5.41) is 0. The van der Waals surface area contributed by atoms with Crippen LogP contribution in [-0.4, -0.2) is 9.72 Å². The molecule has 1 rings (SSSR count). The Morgan fingerprint density at radius 3 is 2.27 bits per heavy atom. The number of hydrogen-bond acceptors (Lipinski definition) is 2. The lowest BCUT2D eigenvalue weighted by atomic mass is 10.2. The molecule has 84 valence electrons. The molecular formula is C9H9F3O2S. The van der Waals surface area contributed by atoms with Gasteiger partial charge in [0.15, 0.2) is 0 Å². The second-order valence-corrected chi connectivity index (χ2v) is 4.10. The van der Waals surface area contributed by atoms with Crippen LogP contribution in [0.3, 0.4) is 0 Å². The zero-order valence-electron chi connectivity index (χ0n) is 7.88. The molecule has 0 saturated heterocycles. The SMILES string of the molecule is Cc1ccc(COS(=O)C(F)(F)F)cc1. The van der Waals surface area contributed by atoms with E-state index >= 15 is 0 Å². The van der Waals surface area contributed by atoms with E-state index in [1.807, 2.05) is 6.92 Å². The van der Waals surface area contributed by atoms with E-state index in [4.69, 9.17) is 0 Å². The molecule has 15 heavy (non-hydrogen) atoms. The molecule has 0 heterocycles. The molecular weight excluding hydrogens is 229 g/mol. The maximum absolute atomic E-state index is 11.8. The van der Waals surface area contributed by atoms with Gasteiger partial charge in [-0.1, -0.05) is 29.8 Å². The van der Waals surface area contributed by atoms with Gasteiger partial charge < -0.3 is 0 Å². The molecule has 0 saturated carbocycles. The molecule has 1 unspecified atom stereocenters. The van der Waals surface area contributed by atoms with E-state index in [0.717, 1.165) is 5.56 Å². The minimum absolute atomic E-state index is 0.313. The summed E-state index contributed by atoms with van der Waals surface area (Å²) in [6.45, 7) is 1.55. The van der Waals surface area contributed by atoms with Gasteiger partial charge in [0, 0.05) is 0 Å². The molecule has 0 spiro atoms. The predicted molar refractivity (Wildman–Crippen MR) is 50.2 cm³/mol. The molecule has 0 amide bonds. The summed E-state index contributed by atoms with van der Waals surface area (Å²) in [6, 6.07) is 6.75. The molecule has 1 aromatic carbocycles. The maximum atomic E-state index is 11.8. The van der Waals surface area contributed by atoms with Crippen LogP contribution in [0.15, 0.2) is 24.3 Å². The first-order valence-electron chi connectivity index (χ1n) is 4.07. The summed E-state index contributed by atoms with van der Waals surface area (Å²) in [5.41, 5.74) is -3.26. The van der Waals surface area contributed by atoms with Crippen LogP contribution in [0.5, 0.6) is 0 Å². The van der Waals surface area contributed by atoms with Crippen LogP contribution in [-0.2, 0) is 21.9 Å². The first-order valence-corrected chi connectivity index (χ1v) is 5.14. The second-order valence-electron chi connectivity index (χ2n) is 2.93. The lowest BCUT2D eigenvalue weighted by molar-refractivity contribution is -0.0477. The molecule has 1 aromatic rings. The highest BCUT2D eigenvalue weighted by atomic mass is 32.2. The van der Waals surface area contributed by atoms with Crippen molar-refractivity contribution in [2.24, 2.45) is 0 Å². The first kappa shape index (κ1) is 12.2. The highest BCUT2D eigenvalue weighted by Crippen LogP contribution is 2.21. The van der Waals surface area contributed by atoms with Crippen LogP contribution in [0, 0.1) is 6.92 Å². The topological polar surface area (TPSA) is 26.3 Å². The van der Waals surface area contributed by atoms with Crippen LogP contribution in [0.2, 0.25) is 0 Å². The van der Waals surface area contributed by atoms with Gasteiger partial charge in [0.25, 0.3) is 11.1 Å². The third-order valence-electron chi connectivity index (χ3n) is 1.64. The molecule has 0 aliphatic heterocycles. The number of benzene rings is 1. The lowest BCUT2D eigenvalue weighted by Gasteiger charge is -2.06. The Morgan fingerprint density at radius 1 is 1.27 bits per heavy atom. The van der Waals surface area contributed by atoms with E-state index in [-0.39, 0.29) is 6.61 Å². The zero-order chi connectivity index (χ0) is 11.5. The van der Waals surface area contributed by atoms with Crippen LogP contribution < -0.4 is 0 Å². The Bertz CT molecular complexity index is 345. The summed E-state index contributed by atoms with van der Waals surface area (Å²) in [5.74, 6) is 0. The normalized spacial score (nSPS) is 13.9. The van der Waals surface area contributed by atoms with Crippen molar-refractivity contribution in [3.63, 3.8) is 0 Å². The summed E-state index contributed by atoms with van der Waals surface area (Å²) < 4.78 is 50.0. The van der Waals surface area contributed by atoms with Gasteiger partial charge in [0.2, 0.25) is 0 Å². The number of aryl methyl sites for hydroxylation is 1. The Labute approximate surface area is 87.7 Å². The fraction of sp³-hybridized carbons (Fsp3) is 0.333. The van der Waals surface area contributed by atoms with Crippen molar-refractivity contribution in [2.45, 2.75) is 19.0 Å². The average Bonchev–Trinajstić information content (AvgIpc) is 2.15. The maximum Gasteiger partial charge on any atom is 0.497 e. The van der Waals surface area contributed by atoms with Gasteiger partial charge in [-0.25, -0.2) is 4.21 Å². The van der Waals surface area contributed by atoms with Gasteiger partial charge >= 0.3 is 5.51 Å². The van der Waals surface area contributed by atoms with Crippen molar-refractivity contribution in [3.05, 3.63) is 35.4 Å². The molecule has 0 aliphatic rings. The van der Waals surface area contributed by atoms with E-state index in [1.165, 1.54) is 0 Å². The third kappa shape index (κ3) is 4.01. The number of alkyl halides is 3. The molecule has 0 aromatic heterocycles. The Kier molecular flexibility index (Phi) is 3.87. The second kappa shape index (κ2) is 4.76. The Morgan fingerprint density at radius 2 is 1.80 bits per heavy atom. The minimum Gasteiger partial charge on any atom is -0.279 e. The van der Waals surface area contributed by atoms with Gasteiger partial charge in [0.1, 0.15) is 0 Å². The Balaban J connectivity index is 2.51. The molecule has 0 radical (unpaired) electrons. The van der Waals surface area contributed by atoms with E-state index in [0.29, 0.717) is 5.56 Å². The van der Waals surface area contributed by atoms with Crippen LogP contribution in [0.25, 0.3) is 0 Å². The van der Waals surface area contributed by atoms with Gasteiger partial charge in [-0.15, -0.1) is 0 Å². The van der Waals surface area contributed by atoms with Gasteiger partial charge in [-0.2, -0.15) is 13.2 Å². The number of hydrogen-bond donors (Lipinski definition) is 0. The van der Waals surface area contributed by atoms with Crippen LogP contribution in [0.1, 0.15) is 11.1 Å². The van der Waals surface area contributed by atoms with Crippen molar-refractivity contribution in [1.82, 2.24) is 0 Å². The fourth-order valence-corrected chi connectivity index (χ4v) is 1.25. The van der Waals surface area contributed by atoms with Crippen molar-refractivity contribution in [2.75, 3.05) is 0 Å². The zero-order valence-corrected chi connectivity index (χ0v) is 8.69. The summed E-state index contributed by atoms with van der Waals surface area (Å²) in [6.07, 6.45) is 0. The summed E-state index contributed by atoms with van der Waals surface area (Å²) >= 11 is -3.24. The lowest BCUT2D eigenvalue weighted by Crippen LogP contribution is -2.18. The highest BCUT2D eigenvalue weighted by Gasteiger charge is 2.38. The summed E-state index contributed by atoms with van der Waals surface area (Å²) in [4.78, 5) is 0. The van der Waals surface area contributed by atoms with Gasteiger partial charge in [0.05, 0.1) is 6.61 Å². The molecule has 0 N–H and O–H groups in total. The molecule has 0 aliphatic carbocycles. The largest absolute Gasteiger partial charge is 0.497 e. The molecule has 6 heteroatoms. The van der Waals surface area contributed by atoms with E-state index in [9.17, 15) is 17.4 Å². The van der Waals surface area contributed by atoms with Gasteiger partial charge in [-0.3, -0.25) is 4.18 Å². The van der Waals surface area contributed by atoms with Crippen molar-refractivity contribution in [3.8, 4) is 0 Å². The van der Waals surface area contributed by atoms with E-state index < -0.39 is 16.6 Å².